The monoisotopic (exact) mass is 314 g/mol. The number of fused-ring (bicyclic) bond motifs is 1. The molecule has 23 heavy (non-hydrogen) atoms. The molecule has 1 heterocycles. The Balaban J connectivity index is 1.79. The summed E-state index contributed by atoms with van der Waals surface area (Å²) in [6.07, 6.45) is 2.76. The van der Waals surface area contributed by atoms with Crippen LogP contribution in [0.4, 0.5) is 10.1 Å². The molecule has 0 aromatic heterocycles. The summed E-state index contributed by atoms with van der Waals surface area (Å²) >= 11 is 0. The van der Waals surface area contributed by atoms with Crippen LogP contribution in [0.15, 0.2) is 41.5 Å². The fourth-order valence-electron chi connectivity index (χ4n) is 2.54. The van der Waals surface area contributed by atoms with Gasteiger partial charge in [-0.25, -0.2) is 4.39 Å². The van der Waals surface area contributed by atoms with Crippen LogP contribution in [-0.4, -0.2) is 18.9 Å². The number of hydrogen-bond donors (Lipinski definition) is 1. The molecular weight excluding hydrogens is 295 g/mol. The van der Waals surface area contributed by atoms with E-state index in [4.69, 9.17) is 9.47 Å². The molecule has 0 saturated carbocycles. The standard InChI is InChI=1S/C18H19FN2O2/c1-3-22-17-9-13-8-12(2)23-18(13)10-14(17)11-20-21-16-6-4-15(19)5-7-16/h4-7,9-12,21H,3,8H2,1-2H3/b20-11-/t12-/m1/s1. The van der Waals surface area contributed by atoms with Crippen LogP contribution < -0.4 is 14.9 Å². The van der Waals surface area contributed by atoms with Crippen LogP contribution in [0.25, 0.3) is 0 Å². The molecule has 0 radical (unpaired) electrons. The number of rotatable bonds is 5. The van der Waals surface area contributed by atoms with E-state index in [-0.39, 0.29) is 11.9 Å². The Kier molecular flexibility index (Phi) is 4.46. The molecule has 3 rings (SSSR count). The van der Waals surface area contributed by atoms with E-state index in [0.717, 1.165) is 29.0 Å². The Hall–Kier alpha value is -2.56. The van der Waals surface area contributed by atoms with Crippen LogP contribution in [0.2, 0.25) is 0 Å². The molecule has 0 bridgehead atoms. The van der Waals surface area contributed by atoms with Gasteiger partial charge < -0.3 is 9.47 Å². The molecule has 0 spiro atoms. The Morgan fingerprint density at radius 1 is 1.35 bits per heavy atom. The highest BCUT2D eigenvalue weighted by atomic mass is 19.1. The molecule has 0 aliphatic carbocycles. The van der Waals surface area contributed by atoms with Crippen LogP contribution in [0, 0.1) is 5.82 Å². The number of nitrogens with zero attached hydrogens (tertiary/aromatic N) is 1. The van der Waals surface area contributed by atoms with Crippen molar-refractivity contribution in [3.8, 4) is 11.5 Å². The van der Waals surface area contributed by atoms with Gasteiger partial charge in [-0.1, -0.05) is 0 Å². The minimum Gasteiger partial charge on any atom is -0.493 e. The first-order valence-corrected chi connectivity index (χ1v) is 7.66. The van der Waals surface area contributed by atoms with Gasteiger partial charge in [0.2, 0.25) is 0 Å². The van der Waals surface area contributed by atoms with Gasteiger partial charge in [-0.2, -0.15) is 5.10 Å². The van der Waals surface area contributed by atoms with Crippen molar-refractivity contribution in [2.75, 3.05) is 12.0 Å². The lowest BCUT2D eigenvalue weighted by Gasteiger charge is -2.09. The summed E-state index contributed by atoms with van der Waals surface area (Å²) in [6, 6.07) is 9.98. The van der Waals surface area contributed by atoms with Gasteiger partial charge >= 0.3 is 0 Å². The zero-order valence-corrected chi connectivity index (χ0v) is 13.2. The van der Waals surface area contributed by atoms with E-state index in [9.17, 15) is 4.39 Å². The lowest BCUT2D eigenvalue weighted by atomic mass is 10.1. The van der Waals surface area contributed by atoms with E-state index >= 15 is 0 Å². The number of halogens is 1. The molecule has 120 valence electrons. The molecule has 1 N–H and O–H groups in total. The normalized spacial score (nSPS) is 16.2. The van der Waals surface area contributed by atoms with Gasteiger partial charge in [-0.3, -0.25) is 5.43 Å². The van der Waals surface area contributed by atoms with Crippen molar-refractivity contribution in [1.82, 2.24) is 0 Å². The Morgan fingerprint density at radius 2 is 2.13 bits per heavy atom. The smallest absolute Gasteiger partial charge is 0.128 e. The lowest BCUT2D eigenvalue weighted by Crippen LogP contribution is -2.05. The molecule has 0 fully saturated rings. The average molecular weight is 314 g/mol. The molecule has 2 aromatic rings. The van der Waals surface area contributed by atoms with Crippen molar-refractivity contribution in [3.05, 3.63) is 53.3 Å². The Bertz CT molecular complexity index is 714. The van der Waals surface area contributed by atoms with Crippen LogP contribution in [0.3, 0.4) is 0 Å². The molecule has 0 unspecified atom stereocenters. The predicted octanol–water partition coefficient (Wildman–Crippen LogP) is 3.99. The largest absolute Gasteiger partial charge is 0.493 e. The molecule has 0 amide bonds. The first-order chi connectivity index (χ1) is 11.2. The number of benzene rings is 2. The third-order valence-electron chi connectivity index (χ3n) is 3.57. The minimum absolute atomic E-state index is 0.184. The van der Waals surface area contributed by atoms with E-state index in [0.29, 0.717) is 12.3 Å². The van der Waals surface area contributed by atoms with E-state index in [1.807, 2.05) is 26.0 Å². The van der Waals surface area contributed by atoms with Gasteiger partial charge in [0.25, 0.3) is 0 Å². The second kappa shape index (κ2) is 6.69. The fourth-order valence-corrected chi connectivity index (χ4v) is 2.54. The summed E-state index contributed by atoms with van der Waals surface area (Å²) in [4.78, 5) is 0. The lowest BCUT2D eigenvalue weighted by molar-refractivity contribution is 0.254. The fraction of sp³-hybridized carbons (Fsp3) is 0.278. The van der Waals surface area contributed by atoms with Gasteiger partial charge in [0.05, 0.1) is 18.5 Å². The number of hydrogen-bond acceptors (Lipinski definition) is 4. The molecular formula is C18H19FN2O2. The second-order valence-electron chi connectivity index (χ2n) is 5.44. The quantitative estimate of drug-likeness (QED) is 0.670. The van der Waals surface area contributed by atoms with Crippen molar-refractivity contribution in [3.63, 3.8) is 0 Å². The SMILES string of the molecule is CCOc1cc2c(cc1/C=N\Nc1ccc(F)cc1)O[C@H](C)C2. The average Bonchev–Trinajstić information content (AvgIpc) is 2.89. The maximum absolute atomic E-state index is 12.9. The van der Waals surface area contributed by atoms with Gasteiger partial charge in [0.15, 0.2) is 0 Å². The number of anilines is 1. The van der Waals surface area contributed by atoms with Crippen LogP contribution >= 0.6 is 0 Å². The van der Waals surface area contributed by atoms with Crippen molar-refractivity contribution >= 4 is 11.9 Å². The number of hydrazone groups is 1. The van der Waals surface area contributed by atoms with Crippen molar-refractivity contribution in [2.45, 2.75) is 26.4 Å². The Labute approximate surface area is 134 Å². The van der Waals surface area contributed by atoms with E-state index in [2.05, 4.69) is 10.5 Å². The summed E-state index contributed by atoms with van der Waals surface area (Å²) < 4.78 is 24.3. The van der Waals surface area contributed by atoms with E-state index < -0.39 is 0 Å². The van der Waals surface area contributed by atoms with E-state index in [1.165, 1.54) is 12.1 Å². The highest BCUT2D eigenvalue weighted by Crippen LogP contribution is 2.34. The summed E-state index contributed by atoms with van der Waals surface area (Å²) in [5, 5.41) is 4.20. The summed E-state index contributed by atoms with van der Waals surface area (Å²) in [7, 11) is 0. The Morgan fingerprint density at radius 3 is 2.87 bits per heavy atom. The predicted molar refractivity (Wildman–Crippen MR) is 89.0 cm³/mol. The maximum atomic E-state index is 12.9. The van der Waals surface area contributed by atoms with Crippen molar-refractivity contribution in [2.24, 2.45) is 5.10 Å². The van der Waals surface area contributed by atoms with Crippen molar-refractivity contribution < 1.29 is 13.9 Å². The summed E-state index contributed by atoms with van der Waals surface area (Å²) in [5.74, 6) is 1.39. The van der Waals surface area contributed by atoms with Gasteiger partial charge in [0, 0.05) is 17.5 Å². The third kappa shape index (κ3) is 3.62. The van der Waals surface area contributed by atoms with Gasteiger partial charge in [-0.05, 0) is 50.2 Å². The third-order valence-corrected chi connectivity index (χ3v) is 3.57. The molecule has 5 heteroatoms. The zero-order chi connectivity index (χ0) is 16.2. The van der Waals surface area contributed by atoms with Crippen LogP contribution in [0.1, 0.15) is 25.0 Å². The van der Waals surface area contributed by atoms with Gasteiger partial charge in [-0.15, -0.1) is 0 Å². The minimum atomic E-state index is -0.275. The highest BCUT2D eigenvalue weighted by Gasteiger charge is 2.21. The second-order valence-corrected chi connectivity index (χ2v) is 5.44. The van der Waals surface area contributed by atoms with Crippen LogP contribution in [0.5, 0.6) is 11.5 Å². The first kappa shape index (κ1) is 15.3. The van der Waals surface area contributed by atoms with E-state index in [1.54, 1.807) is 18.3 Å². The maximum Gasteiger partial charge on any atom is 0.128 e. The number of nitrogens with one attached hydrogen (secondary N) is 1. The summed E-state index contributed by atoms with van der Waals surface area (Å²) in [6.45, 7) is 4.58. The molecule has 2 aromatic carbocycles. The topological polar surface area (TPSA) is 42.8 Å². The van der Waals surface area contributed by atoms with Gasteiger partial charge in [0.1, 0.15) is 23.4 Å². The molecule has 0 saturated heterocycles. The molecule has 4 nitrogen and oxygen atoms in total. The van der Waals surface area contributed by atoms with Crippen molar-refractivity contribution in [1.29, 1.82) is 0 Å². The number of ether oxygens (including phenoxy) is 2. The molecule has 1 aliphatic rings. The highest BCUT2D eigenvalue weighted by molar-refractivity contribution is 5.85. The first-order valence-electron chi connectivity index (χ1n) is 7.66. The van der Waals surface area contributed by atoms with Crippen LogP contribution in [-0.2, 0) is 6.42 Å². The zero-order valence-electron chi connectivity index (χ0n) is 13.2. The molecule has 1 aliphatic heterocycles. The molecule has 1 atom stereocenters. The summed E-state index contributed by atoms with van der Waals surface area (Å²) in [5.41, 5.74) is 5.59.